The van der Waals surface area contributed by atoms with Crippen molar-refractivity contribution in [3.05, 3.63) is 50.8 Å². The topological polar surface area (TPSA) is 101 Å². The maximum Gasteiger partial charge on any atom is 0.341 e. The Hall–Kier alpha value is -2.35. The van der Waals surface area contributed by atoms with Crippen molar-refractivity contribution in [2.24, 2.45) is 0 Å². The zero-order valence-corrected chi connectivity index (χ0v) is 17.6. The van der Waals surface area contributed by atoms with Crippen LogP contribution in [0.1, 0.15) is 36.2 Å². The van der Waals surface area contributed by atoms with E-state index >= 15 is 0 Å². The molecule has 0 aliphatic heterocycles. The molecule has 0 spiro atoms. The van der Waals surface area contributed by atoms with Gasteiger partial charge in [-0.15, -0.1) is 0 Å². The Morgan fingerprint density at radius 1 is 1.28 bits per heavy atom. The summed E-state index contributed by atoms with van der Waals surface area (Å²) in [7, 11) is 1.64. The molecule has 0 saturated heterocycles. The average Bonchev–Trinajstić information content (AvgIpc) is 2.66. The highest BCUT2D eigenvalue weighted by Gasteiger charge is 2.15. The standard InChI is InChI=1S/C21H27ClN2O5/c1-13(2)23-6-5-14-9-20(29-8-4-7-28-3)17(22)10-15(14)18-11-19(25)16(12-24-18)21(26)27/h9-13,23H,4-8H2,1-3H3,(H,24,25)(H,26,27). The fourth-order valence-corrected chi connectivity index (χ4v) is 3.06. The van der Waals surface area contributed by atoms with Gasteiger partial charge in [0, 0.05) is 49.7 Å². The van der Waals surface area contributed by atoms with Gasteiger partial charge in [0.05, 0.1) is 11.6 Å². The molecular formula is C21H27ClN2O5. The zero-order chi connectivity index (χ0) is 21.4. The molecule has 8 heteroatoms. The van der Waals surface area contributed by atoms with Gasteiger partial charge in [-0.3, -0.25) is 4.79 Å². The summed E-state index contributed by atoms with van der Waals surface area (Å²) in [6, 6.07) is 5.23. The second-order valence-electron chi connectivity index (χ2n) is 6.92. The highest BCUT2D eigenvalue weighted by atomic mass is 35.5. The van der Waals surface area contributed by atoms with Crippen LogP contribution in [0.4, 0.5) is 0 Å². The summed E-state index contributed by atoms with van der Waals surface area (Å²) in [5, 5.41) is 12.9. The van der Waals surface area contributed by atoms with Crippen molar-refractivity contribution in [1.29, 1.82) is 0 Å². The first kappa shape index (κ1) is 22.9. The molecule has 0 aliphatic carbocycles. The summed E-state index contributed by atoms with van der Waals surface area (Å²) in [5.74, 6) is -0.701. The maximum absolute atomic E-state index is 12.1. The number of ether oxygens (including phenoxy) is 2. The third-order valence-corrected chi connectivity index (χ3v) is 4.58. The molecule has 7 nitrogen and oxygen atoms in total. The number of hydrogen-bond donors (Lipinski definition) is 3. The molecular weight excluding hydrogens is 396 g/mol. The molecule has 2 rings (SSSR count). The number of carboxylic acids is 1. The first-order valence-corrected chi connectivity index (χ1v) is 9.85. The molecule has 29 heavy (non-hydrogen) atoms. The molecule has 0 unspecified atom stereocenters. The first-order chi connectivity index (χ1) is 13.8. The number of carbonyl (C=O) groups is 1. The van der Waals surface area contributed by atoms with E-state index in [1.807, 2.05) is 6.07 Å². The van der Waals surface area contributed by atoms with Crippen LogP contribution in [0.15, 0.2) is 29.2 Å². The number of hydrogen-bond acceptors (Lipinski definition) is 5. The van der Waals surface area contributed by atoms with E-state index in [1.165, 1.54) is 12.3 Å². The molecule has 0 fully saturated rings. The van der Waals surface area contributed by atoms with Crippen LogP contribution < -0.4 is 15.5 Å². The summed E-state index contributed by atoms with van der Waals surface area (Å²) in [5.41, 5.74) is 1.31. The molecule has 0 atom stereocenters. The number of halogens is 1. The van der Waals surface area contributed by atoms with E-state index in [4.69, 9.17) is 26.2 Å². The fourth-order valence-electron chi connectivity index (χ4n) is 2.84. The van der Waals surface area contributed by atoms with E-state index in [2.05, 4.69) is 24.1 Å². The monoisotopic (exact) mass is 422 g/mol. The van der Waals surface area contributed by atoms with Crippen molar-refractivity contribution in [2.75, 3.05) is 26.9 Å². The van der Waals surface area contributed by atoms with E-state index in [0.717, 1.165) is 24.1 Å². The summed E-state index contributed by atoms with van der Waals surface area (Å²) in [6.07, 6.45) is 2.63. The van der Waals surface area contributed by atoms with Gasteiger partial charge in [0.15, 0.2) is 5.43 Å². The molecule has 1 heterocycles. The predicted octanol–water partition coefficient (Wildman–Crippen LogP) is 3.35. The van der Waals surface area contributed by atoms with Crippen LogP contribution in [0.2, 0.25) is 5.02 Å². The van der Waals surface area contributed by atoms with Gasteiger partial charge >= 0.3 is 5.97 Å². The minimum Gasteiger partial charge on any atom is -0.492 e. The molecule has 158 valence electrons. The van der Waals surface area contributed by atoms with Gasteiger partial charge in [0.25, 0.3) is 0 Å². The Morgan fingerprint density at radius 3 is 2.66 bits per heavy atom. The van der Waals surface area contributed by atoms with Gasteiger partial charge in [0.2, 0.25) is 0 Å². The number of aromatic carboxylic acids is 1. The number of methoxy groups -OCH3 is 1. The largest absolute Gasteiger partial charge is 0.492 e. The van der Waals surface area contributed by atoms with Crippen molar-refractivity contribution in [3.63, 3.8) is 0 Å². The lowest BCUT2D eigenvalue weighted by molar-refractivity contribution is 0.0695. The second-order valence-corrected chi connectivity index (χ2v) is 7.33. The Bertz CT molecular complexity index is 895. The molecule has 0 radical (unpaired) electrons. The Balaban J connectivity index is 2.38. The van der Waals surface area contributed by atoms with Crippen LogP contribution in [0.3, 0.4) is 0 Å². The third-order valence-electron chi connectivity index (χ3n) is 4.29. The lowest BCUT2D eigenvalue weighted by Gasteiger charge is -2.16. The molecule has 2 aromatic rings. The highest BCUT2D eigenvalue weighted by molar-refractivity contribution is 6.32. The van der Waals surface area contributed by atoms with Crippen LogP contribution in [-0.4, -0.2) is 49.0 Å². The lowest BCUT2D eigenvalue weighted by Crippen LogP contribution is -2.25. The number of pyridine rings is 1. The van der Waals surface area contributed by atoms with Crippen molar-refractivity contribution >= 4 is 17.6 Å². The van der Waals surface area contributed by atoms with Crippen LogP contribution in [0.5, 0.6) is 5.75 Å². The average molecular weight is 423 g/mol. The third kappa shape index (κ3) is 6.59. The highest BCUT2D eigenvalue weighted by Crippen LogP contribution is 2.33. The van der Waals surface area contributed by atoms with Crippen LogP contribution in [-0.2, 0) is 11.2 Å². The SMILES string of the molecule is COCCCOc1cc(CCNC(C)C)c(-c2cc(=O)c(C(=O)O)c[nH]2)cc1Cl. The van der Waals surface area contributed by atoms with Gasteiger partial charge < -0.3 is 24.9 Å². The van der Waals surface area contributed by atoms with Crippen molar-refractivity contribution < 1.29 is 19.4 Å². The Labute approximate surface area is 175 Å². The van der Waals surface area contributed by atoms with Crippen LogP contribution in [0.25, 0.3) is 11.3 Å². The van der Waals surface area contributed by atoms with E-state index in [1.54, 1.807) is 13.2 Å². The minimum absolute atomic E-state index is 0.305. The Kier molecular flexibility index (Phi) is 8.70. The smallest absolute Gasteiger partial charge is 0.341 e. The van der Waals surface area contributed by atoms with Gasteiger partial charge in [-0.05, 0) is 30.7 Å². The van der Waals surface area contributed by atoms with E-state index in [9.17, 15) is 9.59 Å². The van der Waals surface area contributed by atoms with Crippen LogP contribution >= 0.6 is 11.6 Å². The molecule has 1 aromatic heterocycles. The second kappa shape index (κ2) is 11.0. The van der Waals surface area contributed by atoms with Crippen molar-refractivity contribution in [1.82, 2.24) is 10.3 Å². The number of benzene rings is 1. The Morgan fingerprint density at radius 2 is 2.03 bits per heavy atom. The predicted molar refractivity (Wildman–Crippen MR) is 113 cm³/mol. The lowest BCUT2D eigenvalue weighted by atomic mass is 10.00. The number of aromatic amines is 1. The molecule has 3 N–H and O–H groups in total. The van der Waals surface area contributed by atoms with E-state index < -0.39 is 11.4 Å². The quantitative estimate of drug-likeness (QED) is 0.480. The molecule has 0 aliphatic rings. The van der Waals surface area contributed by atoms with Crippen molar-refractivity contribution in [3.8, 4) is 17.0 Å². The van der Waals surface area contributed by atoms with Gasteiger partial charge in [-0.1, -0.05) is 25.4 Å². The maximum atomic E-state index is 12.1. The van der Waals surface area contributed by atoms with Gasteiger partial charge in [-0.25, -0.2) is 4.79 Å². The number of aromatic nitrogens is 1. The molecule has 0 saturated carbocycles. The molecule has 1 aromatic carbocycles. The molecule has 0 bridgehead atoms. The number of carboxylic acid groups (broad SMARTS) is 1. The minimum atomic E-state index is -1.27. The fraction of sp³-hybridized carbons (Fsp3) is 0.429. The van der Waals surface area contributed by atoms with Gasteiger partial charge in [0.1, 0.15) is 11.3 Å². The summed E-state index contributed by atoms with van der Waals surface area (Å²) in [6.45, 7) is 5.93. The van der Waals surface area contributed by atoms with E-state index in [0.29, 0.717) is 42.1 Å². The number of H-pyrrole nitrogens is 1. The van der Waals surface area contributed by atoms with E-state index in [-0.39, 0.29) is 5.56 Å². The summed E-state index contributed by atoms with van der Waals surface area (Å²) in [4.78, 5) is 26.2. The zero-order valence-electron chi connectivity index (χ0n) is 16.9. The molecule has 0 amide bonds. The summed E-state index contributed by atoms with van der Waals surface area (Å²) < 4.78 is 10.8. The number of nitrogens with one attached hydrogen (secondary N) is 2. The number of rotatable bonds is 11. The van der Waals surface area contributed by atoms with Crippen molar-refractivity contribution in [2.45, 2.75) is 32.7 Å². The van der Waals surface area contributed by atoms with Crippen LogP contribution in [0, 0.1) is 0 Å². The van der Waals surface area contributed by atoms with Gasteiger partial charge in [-0.2, -0.15) is 0 Å². The normalized spacial score (nSPS) is 11.1. The summed E-state index contributed by atoms with van der Waals surface area (Å²) >= 11 is 6.41. The first-order valence-electron chi connectivity index (χ1n) is 9.47.